The van der Waals surface area contributed by atoms with E-state index in [-0.39, 0.29) is 6.04 Å². The van der Waals surface area contributed by atoms with Crippen molar-refractivity contribution in [2.75, 3.05) is 32.2 Å². The molecule has 2 rings (SSSR count). The van der Waals surface area contributed by atoms with Crippen molar-refractivity contribution in [1.29, 1.82) is 0 Å². The molecule has 4 heteroatoms. The number of hydrogen-bond acceptors (Lipinski definition) is 4. The molecule has 1 aromatic rings. The highest BCUT2D eigenvalue weighted by molar-refractivity contribution is 7.99. The summed E-state index contributed by atoms with van der Waals surface area (Å²) in [5.74, 6) is 3.24. The third-order valence-corrected chi connectivity index (χ3v) is 5.18. The van der Waals surface area contributed by atoms with Crippen molar-refractivity contribution in [3.05, 3.63) is 28.8 Å². The second kappa shape index (κ2) is 6.16. The Hall–Kier alpha value is -0.710. The molecule has 0 amide bonds. The minimum Gasteiger partial charge on any atom is -0.496 e. The molecule has 19 heavy (non-hydrogen) atoms. The molecule has 2 unspecified atom stereocenters. The summed E-state index contributed by atoms with van der Waals surface area (Å²) in [4.78, 5) is 2.37. The molecule has 2 N–H and O–H groups in total. The van der Waals surface area contributed by atoms with Gasteiger partial charge in [-0.2, -0.15) is 11.8 Å². The van der Waals surface area contributed by atoms with E-state index < -0.39 is 0 Å². The van der Waals surface area contributed by atoms with Gasteiger partial charge in [0.2, 0.25) is 0 Å². The molecule has 0 bridgehead atoms. The van der Waals surface area contributed by atoms with Crippen LogP contribution in [-0.4, -0.2) is 43.1 Å². The normalized spacial score (nSPS) is 22.3. The summed E-state index contributed by atoms with van der Waals surface area (Å²) < 4.78 is 5.60. The molecule has 1 aliphatic heterocycles. The van der Waals surface area contributed by atoms with Crippen molar-refractivity contribution >= 4 is 11.8 Å². The van der Waals surface area contributed by atoms with Crippen LogP contribution in [0, 0.1) is 13.8 Å². The van der Waals surface area contributed by atoms with Gasteiger partial charge < -0.3 is 10.5 Å². The Labute approximate surface area is 120 Å². The predicted molar refractivity (Wildman–Crippen MR) is 83.1 cm³/mol. The summed E-state index contributed by atoms with van der Waals surface area (Å²) >= 11 is 1.99. The Kier molecular flexibility index (Phi) is 4.76. The second-order valence-corrected chi connectivity index (χ2v) is 6.43. The van der Waals surface area contributed by atoms with Crippen LogP contribution in [0.5, 0.6) is 5.75 Å². The van der Waals surface area contributed by atoms with Gasteiger partial charge in [0, 0.05) is 35.7 Å². The summed E-state index contributed by atoms with van der Waals surface area (Å²) in [6.45, 7) is 5.32. The number of ether oxygens (including phenoxy) is 1. The highest BCUT2D eigenvalue weighted by Gasteiger charge is 2.28. The van der Waals surface area contributed by atoms with Crippen molar-refractivity contribution in [3.63, 3.8) is 0 Å². The second-order valence-electron chi connectivity index (χ2n) is 5.28. The number of hydrogen-bond donors (Lipinski definition) is 1. The van der Waals surface area contributed by atoms with Crippen LogP contribution in [-0.2, 0) is 0 Å². The first-order valence-corrected chi connectivity index (χ1v) is 7.89. The zero-order chi connectivity index (χ0) is 14.0. The van der Waals surface area contributed by atoms with Gasteiger partial charge in [-0.3, -0.25) is 4.90 Å². The number of aryl methyl sites for hydroxylation is 1. The van der Waals surface area contributed by atoms with E-state index in [4.69, 9.17) is 10.5 Å². The van der Waals surface area contributed by atoms with Crippen molar-refractivity contribution in [2.45, 2.75) is 25.9 Å². The van der Waals surface area contributed by atoms with Gasteiger partial charge >= 0.3 is 0 Å². The monoisotopic (exact) mass is 280 g/mol. The number of likely N-dealkylation sites (N-methyl/N-ethyl adjacent to an activating group) is 1. The lowest BCUT2D eigenvalue weighted by molar-refractivity contribution is 0.235. The van der Waals surface area contributed by atoms with E-state index in [1.807, 2.05) is 11.8 Å². The van der Waals surface area contributed by atoms with Crippen LogP contribution in [0.2, 0.25) is 0 Å². The van der Waals surface area contributed by atoms with E-state index in [2.05, 4.69) is 37.9 Å². The average Bonchev–Trinajstić information content (AvgIpc) is 2.41. The molecule has 1 saturated heterocycles. The molecule has 1 aliphatic rings. The summed E-state index contributed by atoms with van der Waals surface area (Å²) in [6, 6.07) is 4.66. The van der Waals surface area contributed by atoms with Crippen LogP contribution in [0.4, 0.5) is 0 Å². The van der Waals surface area contributed by atoms with E-state index in [0.717, 1.165) is 23.6 Å². The van der Waals surface area contributed by atoms with Gasteiger partial charge in [0.15, 0.2) is 0 Å². The smallest absolute Gasteiger partial charge is 0.126 e. The van der Waals surface area contributed by atoms with Crippen LogP contribution >= 0.6 is 11.8 Å². The van der Waals surface area contributed by atoms with E-state index in [9.17, 15) is 0 Å². The molecular formula is C15H24N2OS. The molecule has 0 radical (unpaired) electrons. The first-order valence-electron chi connectivity index (χ1n) is 6.74. The quantitative estimate of drug-likeness (QED) is 0.922. The fraction of sp³-hybridized carbons (Fsp3) is 0.600. The SMILES string of the molecule is COc1c(C(N)C2CSCCN2C)ccc(C)c1C. The number of rotatable bonds is 3. The van der Waals surface area contributed by atoms with Crippen molar-refractivity contribution in [2.24, 2.45) is 5.73 Å². The summed E-state index contributed by atoms with van der Waals surface area (Å²) in [7, 11) is 3.90. The maximum Gasteiger partial charge on any atom is 0.126 e. The highest BCUT2D eigenvalue weighted by Crippen LogP contribution is 2.34. The topological polar surface area (TPSA) is 38.5 Å². The zero-order valence-electron chi connectivity index (χ0n) is 12.3. The first kappa shape index (κ1) is 14.7. The van der Waals surface area contributed by atoms with Gasteiger partial charge in [0.1, 0.15) is 5.75 Å². The maximum absolute atomic E-state index is 6.52. The summed E-state index contributed by atoms with van der Waals surface area (Å²) in [5.41, 5.74) is 10.1. The molecule has 2 atom stereocenters. The number of methoxy groups -OCH3 is 1. The lowest BCUT2D eigenvalue weighted by atomic mass is 9.95. The van der Waals surface area contributed by atoms with Crippen molar-refractivity contribution < 1.29 is 4.74 Å². The van der Waals surface area contributed by atoms with Gasteiger partial charge in [-0.1, -0.05) is 12.1 Å². The van der Waals surface area contributed by atoms with Crippen LogP contribution in [0.15, 0.2) is 12.1 Å². The third-order valence-electron chi connectivity index (χ3n) is 4.13. The van der Waals surface area contributed by atoms with Crippen molar-refractivity contribution in [1.82, 2.24) is 4.90 Å². The lowest BCUT2D eigenvalue weighted by Crippen LogP contribution is -2.46. The molecule has 0 aromatic heterocycles. The van der Waals surface area contributed by atoms with Gasteiger partial charge in [-0.05, 0) is 32.0 Å². The van der Waals surface area contributed by atoms with Gasteiger partial charge in [-0.25, -0.2) is 0 Å². The van der Waals surface area contributed by atoms with E-state index >= 15 is 0 Å². The molecule has 1 aromatic carbocycles. The van der Waals surface area contributed by atoms with Crippen LogP contribution in [0.25, 0.3) is 0 Å². The Morgan fingerprint density at radius 1 is 1.42 bits per heavy atom. The molecule has 0 saturated carbocycles. The number of nitrogens with zero attached hydrogens (tertiary/aromatic N) is 1. The summed E-state index contributed by atoms with van der Waals surface area (Å²) in [6.07, 6.45) is 0. The highest BCUT2D eigenvalue weighted by atomic mass is 32.2. The molecule has 0 aliphatic carbocycles. The van der Waals surface area contributed by atoms with E-state index in [1.165, 1.54) is 16.9 Å². The van der Waals surface area contributed by atoms with Gasteiger partial charge in [0.25, 0.3) is 0 Å². The predicted octanol–water partition coefficient (Wildman–Crippen LogP) is 2.36. The Bertz CT molecular complexity index is 450. The van der Waals surface area contributed by atoms with Crippen LogP contribution in [0.1, 0.15) is 22.7 Å². The average molecular weight is 280 g/mol. The molecule has 0 spiro atoms. The Balaban J connectivity index is 2.32. The Morgan fingerprint density at radius 2 is 2.16 bits per heavy atom. The summed E-state index contributed by atoms with van der Waals surface area (Å²) in [5, 5.41) is 0. The largest absolute Gasteiger partial charge is 0.496 e. The minimum absolute atomic E-state index is 0.00653. The first-order chi connectivity index (χ1) is 9.06. The lowest BCUT2D eigenvalue weighted by Gasteiger charge is -2.36. The molecular weight excluding hydrogens is 256 g/mol. The van der Waals surface area contributed by atoms with Gasteiger partial charge in [0.05, 0.1) is 7.11 Å². The van der Waals surface area contributed by atoms with E-state index in [1.54, 1.807) is 7.11 Å². The molecule has 1 heterocycles. The van der Waals surface area contributed by atoms with Crippen molar-refractivity contribution in [3.8, 4) is 5.75 Å². The van der Waals surface area contributed by atoms with Crippen LogP contribution < -0.4 is 10.5 Å². The number of thioether (sulfide) groups is 1. The number of nitrogens with two attached hydrogens (primary N) is 1. The van der Waals surface area contributed by atoms with Crippen LogP contribution in [0.3, 0.4) is 0 Å². The van der Waals surface area contributed by atoms with E-state index in [0.29, 0.717) is 6.04 Å². The minimum atomic E-state index is 0.00653. The fourth-order valence-electron chi connectivity index (χ4n) is 2.64. The maximum atomic E-state index is 6.52. The Morgan fingerprint density at radius 3 is 2.79 bits per heavy atom. The standard InChI is InChI=1S/C15H24N2OS/c1-10-5-6-12(15(18-4)11(10)2)14(16)13-9-19-8-7-17(13)3/h5-6,13-14H,7-9,16H2,1-4H3. The molecule has 106 valence electrons. The van der Waals surface area contributed by atoms with Gasteiger partial charge in [-0.15, -0.1) is 0 Å². The number of benzene rings is 1. The third kappa shape index (κ3) is 2.91. The zero-order valence-corrected chi connectivity index (χ0v) is 13.1. The molecule has 1 fully saturated rings. The fourth-order valence-corrected chi connectivity index (χ4v) is 3.92. The molecule has 3 nitrogen and oxygen atoms in total.